The third-order valence-corrected chi connectivity index (χ3v) is 4.20. The number of rotatable bonds is 6. The van der Waals surface area contributed by atoms with Crippen molar-refractivity contribution >= 4 is 5.84 Å². The Balaban J connectivity index is 2.10. The summed E-state index contributed by atoms with van der Waals surface area (Å²) in [5, 5.41) is 11.4. The molecule has 0 aromatic rings. The number of hydrogen-bond acceptors (Lipinski definition) is 3. The second-order valence-corrected chi connectivity index (χ2v) is 5.55. The molecule has 3 N–H and O–H groups in total. The molecule has 0 aromatic carbocycles. The normalized spacial score (nSPS) is 21.6. The minimum absolute atomic E-state index is 0.349. The van der Waals surface area contributed by atoms with E-state index < -0.39 is 0 Å². The first-order chi connectivity index (χ1) is 8.09. The maximum atomic E-state index is 8.42. The summed E-state index contributed by atoms with van der Waals surface area (Å²) in [6.45, 7) is 8.32. The monoisotopic (exact) mass is 241 g/mol. The van der Waals surface area contributed by atoms with E-state index in [2.05, 4.69) is 23.9 Å². The first-order valence-corrected chi connectivity index (χ1v) is 6.78. The summed E-state index contributed by atoms with van der Waals surface area (Å²) in [5.74, 6) is 0.349. The second kappa shape index (κ2) is 6.84. The van der Waals surface area contributed by atoms with Crippen molar-refractivity contribution in [3.63, 3.8) is 0 Å². The van der Waals surface area contributed by atoms with Crippen LogP contribution in [0.1, 0.15) is 52.4 Å². The van der Waals surface area contributed by atoms with Gasteiger partial charge in [-0.25, -0.2) is 0 Å². The van der Waals surface area contributed by atoms with Crippen molar-refractivity contribution in [2.24, 2.45) is 16.3 Å². The fourth-order valence-electron chi connectivity index (χ4n) is 2.36. The molecule has 100 valence electrons. The van der Waals surface area contributed by atoms with Crippen LogP contribution in [-0.4, -0.2) is 35.6 Å². The van der Waals surface area contributed by atoms with Gasteiger partial charge in [-0.1, -0.05) is 25.4 Å². The zero-order valence-corrected chi connectivity index (χ0v) is 11.3. The Morgan fingerprint density at radius 3 is 2.53 bits per heavy atom. The van der Waals surface area contributed by atoms with Crippen LogP contribution >= 0.6 is 0 Å². The van der Waals surface area contributed by atoms with Gasteiger partial charge in [0.05, 0.1) is 0 Å². The van der Waals surface area contributed by atoms with Crippen LogP contribution in [-0.2, 0) is 0 Å². The molecule has 0 atom stereocenters. The average molecular weight is 241 g/mol. The van der Waals surface area contributed by atoms with Crippen molar-refractivity contribution in [3.05, 3.63) is 0 Å². The van der Waals surface area contributed by atoms with E-state index in [1.165, 1.54) is 32.4 Å². The lowest BCUT2D eigenvalue weighted by Crippen LogP contribution is -2.38. The number of oxime groups is 1. The molecule has 1 saturated heterocycles. The molecule has 1 heterocycles. The molecule has 1 aliphatic heterocycles. The molecule has 1 aliphatic rings. The van der Waals surface area contributed by atoms with Crippen molar-refractivity contribution < 1.29 is 5.21 Å². The fourth-order valence-corrected chi connectivity index (χ4v) is 2.36. The van der Waals surface area contributed by atoms with Crippen molar-refractivity contribution in [2.75, 3.05) is 19.6 Å². The summed E-state index contributed by atoms with van der Waals surface area (Å²) in [5.41, 5.74) is 6.01. The average Bonchev–Trinajstić information content (AvgIpc) is 2.36. The molecule has 17 heavy (non-hydrogen) atoms. The summed E-state index contributed by atoms with van der Waals surface area (Å²) < 4.78 is 0. The lowest BCUT2D eigenvalue weighted by atomic mass is 9.78. The largest absolute Gasteiger partial charge is 0.409 e. The van der Waals surface area contributed by atoms with Crippen LogP contribution in [0.3, 0.4) is 0 Å². The summed E-state index contributed by atoms with van der Waals surface area (Å²) in [4.78, 5) is 2.55. The van der Waals surface area contributed by atoms with Gasteiger partial charge >= 0.3 is 0 Å². The molecule has 0 saturated carbocycles. The van der Waals surface area contributed by atoms with Crippen LogP contribution in [0, 0.1) is 5.41 Å². The predicted octanol–water partition coefficient (Wildman–Crippen LogP) is 2.42. The Bertz CT molecular complexity index is 245. The quantitative estimate of drug-likeness (QED) is 0.247. The zero-order chi connectivity index (χ0) is 12.7. The molecule has 0 spiro atoms. The maximum Gasteiger partial charge on any atom is 0.139 e. The Morgan fingerprint density at radius 2 is 2.00 bits per heavy atom. The van der Waals surface area contributed by atoms with Gasteiger partial charge in [0.15, 0.2) is 0 Å². The number of likely N-dealkylation sites (tertiary alicyclic amines) is 1. The SMILES string of the molecule is CCC1(C)CCN(CCCCC(N)=NO)CC1. The zero-order valence-electron chi connectivity index (χ0n) is 11.3. The number of unbranched alkanes of at least 4 members (excludes halogenated alkanes) is 1. The lowest BCUT2D eigenvalue weighted by Gasteiger charge is -2.38. The highest BCUT2D eigenvalue weighted by molar-refractivity contribution is 5.79. The summed E-state index contributed by atoms with van der Waals surface area (Å²) in [6, 6.07) is 0. The van der Waals surface area contributed by atoms with Crippen molar-refractivity contribution in [1.82, 2.24) is 4.90 Å². The van der Waals surface area contributed by atoms with Gasteiger partial charge in [-0.15, -0.1) is 0 Å². The molecule has 0 amide bonds. The molecule has 0 bridgehead atoms. The van der Waals surface area contributed by atoms with Crippen LogP contribution in [0.25, 0.3) is 0 Å². The first kappa shape index (κ1) is 14.3. The van der Waals surface area contributed by atoms with E-state index in [1.54, 1.807) is 0 Å². The molecule has 0 radical (unpaired) electrons. The molecule has 0 aromatic heterocycles. The molecule has 0 aliphatic carbocycles. The fraction of sp³-hybridized carbons (Fsp3) is 0.923. The lowest BCUT2D eigenvalue weighted by molar-refractivity contribution is 0.113. The highest BCUT2D eigenvalue weighted by atomic mass is 16.4. The summed E-state index contributed by atoms with van der Waals surface area (Å²) >= 11 is 0. The maximum absolute atomic E-state index is 8.42. The van der Waals surface area contributed by atoms with Crippen LogP contribution < -0.4 is 5.73 Å². The van der Waals surface area contributed by atoms with Crippen molar-refractivity contribution in [2.45, 2.75) is 52.4 Å². The minimum Gasteiger partial charge on any atom is -0.409 e. The van der Waals surface area contributed by atoms with Crippen molar-refractivity contribution in [1.29, 1.82) is 0 Å². The van der Waals surface area contributed by atoms with Crippen LogP contribution in [0.2, 0.25) is 0 Å². The van der Waals surface area contributed by atoms with Gasteiger partial charge < -0.3 is 15.8 Å². The number of piperidine rings is 1. The van der Waals surface area contributed by atoms with E-state index in [0.29, 0.717) is 17.7 Å². The van der Waals surface area contributed by atoms with Gasteiger partial charge in [-0.2, -0.15) is 0 Å². The van der Waals surface area contributed by atoms with Gasteiger partial charge in [-0.3, -0.25) is 0 Å². The third kappa shape index (κ3) is 4.94. The Morgan fingerprint density at radius 1 is 1.35 bits per heavy atom. The van der Waals surface area contributed by atoms with E-state index >= 15 is 0 Å². The van der Waals surface area contributed by atoms with Crippen LogP contribution in [0.4, 0.5) is 0 Å². The van der Waals surface area contributed by atoms with Gasteiger partial charge in [0, 0.05) is 6.42 Å². The molecular weight excluding hydrogens is 214 g/mol. The highest BCUT2D eigenvalue weighted by Crippen LogP contribution is 2.33. The van der Waals surface area contributed by atoms with Gasteiger partial charge in [0.1, 0.15) is 5.84 Å². The molecule has 1 rings (SSSR count). The number of amidine groups is 1. The van der Waals surface area contributed by atoms with Gasteiger partial charge in [0.2, 0.25) is 0 Å². The Kier molecular flexibility index (Phi) is 5.75. The highest BCUT2D eigenvalue weighted by Gasteiger charge is 2.27. The number of hydrogen-bond donors (Lipinski definition) is 2. The molecular formula is C13H27N3O. The third-order valence-electron chi connectivity index (χ3n) is 4.20. The number of nitrogens with zero attached hydrogens (tertiary/aromatic N) is 2. The first-order valence-electron chi connectivity index (χ1n) is 6.78. The standard InChI is InChI=1S/C13H27N3O/c1-3-13(2)7-10-16(11-8-13)9-5-4-6-12(14)15-17/h17H,3-11H2,1-2H3,(H2,14,15). The predicted molar refractivity (Wildman–Crippen MR) is 71.3 cm³/mol. The van der Waals surface area contributed by atoms with E-state index in [1.807, 2.05) is 0 Å². The summed E-state index contributed by atoms with van der Waals surface area (Å²) in [7, 11) is 0. The van der Waals surface area contributed by atoms with E-state index in [-0.39, 0.29) is 0 Å². The number of nitrogens with two attached hydrogens (primary N) is 1. The molecule has 1 fully saturated rings. The Labute approximate surface area is 105 Å². The topological polar surface area (TPSA) is 61.8 Å². The molecule has 0 unspecified atom stereocenters. The van der Waals surface area contributed by atoms with E-state index in [0.717, 1.165) is 19.4 Å². The van der Waals surface area contributed by atoms with Crippen LogP contribution in [0.5, 0.6) is 0 Å². The van der Waals surface area contributed by atoms with E-state index in [4.69, 9.17) is 10.9 Å². The summed E-state index contributed by atoms with van der Waals surface area (Å²) in [6.07, 6.45) is 6.80. The van der Waals surface area contributed by atoms with Gasteiger partial charge in [-0.05, 0) is 50.7 Å². The smallest absolute Gasteiger partial charge is 0.139 e. The molecule has 4 nitrogen and oxygen atoms in total. The minimum atomic E-state index is 0.349. The molecule has 4 heteroatoms. The van der Waals surface area contributed by atoms with Crippen LogP contribution in [0.15, 0.2) is 5.16 Å². The Hall–Kier alpha value is -0.770. The second-order valence-electron chi connectivity index (χ2n) is 5.55. The van der Waals surface area contributed by atoms with Crippen molar-refractivity contribution in [3.8, 4) is 0 Å². The van der Waals surface area contributed by atoms with Gasteiger partial charge in [0.25, 0.3) is 0 Å². The van der Waals surface area contributed by atoms with E-state index in [9.17, 15) is 0 Å².